The molecule has 154 valence electrons. The number of carbonyl (C=O) groups excluding carboxylic acids is 2. The van der Waals surface area contributed by atoms with Crippen molar-refractivity contribution in [3.05, 3.63) is 54.6 Å². The molecule has 8 heteroatoms. The molecule has 0 aromatic heterocycles. The van der Waals surface area contributed by atoms with Crippen LogP contribution in [0.25, 0.3) is 0 Å². The van der Waals surface area contributed by atoms with Crippen LogP contribution in [0.4, 0.5) is 5.69 Å². The van der Waals surface area contributed by atoms with Gasteiger partial charge in [-0.1, -0.05) is 12.7 Å². The number of ether oxygens (including phenoxy) is 5. The maximum Gasteiger partial charge on any atom is 0.338 e. The molecule has 0 saturated carbocycles. The third-order valence-electron chi connectivity index (χ3n) is 3.73. The van der Waals surface area contributed by atoms with E-state index >= 15 is 0 Å². The predicted molar refractivity (Wildman–Crippen MR) is 107 cm³/mol. The minimum atomic E-state index is -0.669. The van der Waals surface area contributed by atoms with Gasteiger partial charge in [-0.2, -0.15) is 0 Å². The zero-order valence-corrected chi connectivity index (χ0v) is 16.5. The number of nitrogens with one attached hydrogen (secondary N) is 1. The quantitative estimate of drug-likeness (QED) is 0.483. The summed E-state index contributed by atoms with van der Waals surface area (Å²) in [6, 6.07) is 9.50. The van der Waals surface area contributed by atoms with E-state index in [2.05, 4.69) is 11.9 Å². The maximum atomic E-state index is 12.2. The number of esters is 1. The first kappa shape index (κ1) is 21.6. The summed E-state index contributed by atoms with van der Waals surface area (Å²) >= 11 is 0. The second-order valence-corrected chi connectivity index (χ2v) is 5.69. The van der Waals surface area contributed by atoms with E-state index in [4.69, 9.17) is 23.7 Å². The van der Waals surface area contributed by atoms with Crippen molar-refractivity contribution >= 4 is 17.6 Å². The van der Waals surface area contributed by atoms with Crippen LogP contribution in [-0.2, 0) is 9.53 Å². The van der Waals surface area contributed by atoms with Gasteiger partial charge in [0.2, 0.25) is 0 Å². The fourth-order valence-corrected chi connectivity index (χ4v) is 2.35. The van der Waals surface area contributed by atoms with Crippen LogP contribution >= 0.6 is 0 Å². The summed E-state index contributed by atoms with van der Waals surface area (Å²) in [7, 11) is 4.47. The Morgan fingerprint density at radius 1 is 0.966 bits per heavy atom. The third-order valence-corrected chi connectivity index (χ3v) is 3.73. The number of anilines is 1. The molecule has 0 aliphatic carbocycles. The fraction of sp³-hybridized carbons (Fsp3) is 0.238. The van der Waals surface area contributed by atoms with Gasteiger partial charge in [-0.05, 0) is 18.2 Å². The zero-order valence-electron chi connectivity index (χ0n) is 16.5. The van der Waals surface area contributed by atoms with Gasteiger partial charge >= 0.3 is 5.97 Å². The van der Waals surface area contributed by atoms with Gasteiger partial charge in [0.15, 0.2) is 18.1 Å². The molecule has 0 spiro atoms. The standard InChI is InChI=1S/C21H23NO7/c1-5-8-28-18-7-6-14(9-19(18)27-4)21(24)29-13-20(23)22-15-10-16(25-2)12-17(11-15)26-3/h5-7,9-12H,1,8,13H2,2-4H3,(H,22,23). The summed E-state index contributed by atoms with van der Waals surface area (Å²) in [4.78, 5) is 24.4. The number of benzene rings is 2. The van der Waals surface area contributed by atoms with Crippen molar-refractivity contribution < 1.29 is 33.3 Å². The molecule has 1 amide bonds. The Kier molecular flexibility index (Phi) is 7.90. The molecule has 2 aromatic carbocycles. The second-order valence-electron chi connectivity index (χ2n) is 5.69. The number of hydrogen-bond donors (Lipinski definition) is 1. The summed E-state index contributed by atoms with van der Waals surface area (Å²) in [5.41, 5.74) is 0.677. The molecule has 8 nitrogen and oxygen atoms in total. The highest BCUT2D eigenvalue weighted by Crippen LogP contribution is 2.28. The first-order valence-electron chi connectivity index (χ1n) is 8.62. The van der Waals surface area contributed by atoms with Crippen LogP contribution in [-0.4, -0.2) is 46.4 Å². The molecule has 2 rings (SSSR count). The van der Waals surface area contributed by atoms with Crippen molar-refractivity contribution in [2.75, 3.05) is 39.9 Å². The van der Waals surface area contributed by atoms with Crippen LogP contribution in [0.3, 0.4) is 0 Å². The van der Waals surface area contributed by atoms with E-state index in [0.717, 1.165) is 0 Å². The lowest BCUT2D eigenvalue weighted by atomic mass is 10.2. The zero-order chi connectivity index (χ0) is 21.2. The molecule has 0 atom stereocenters. The molecule has 29 heavy (non-hydrogen) atoms. The largest absolute Gasteiger partial charge is 0.497 e. The van der Waals surface area contributed by atoms with Crippen LogP contribution < -0.4 is 24.3 Å². The van der Waals surface area contributed by atoms with Gasteiger partial charge in [0, 0.05) is 23.9 Å². The van der Waals surface area contributed by atoms with E-state index in [1.165, 1.54) is 33.5 Å². The average Bonchev–Trinajstić information content (AvgIpc) is 2.75. The summed E-state index contributed by atoms with van der Waals surface area (Å²) < 4.78 is 26.0. The number of hydrogen-bond acceptors (Lipinski definition) is 7. The number of methoxy groups -OCH3 is 3. The topological polar surface area (TPSA) is 92.3 Å². The number of carbonyl (C=O) groups is 2. The monoisotopic (exact) mass is 401 g/mol. The normalized spacial score (nSPS) is 9.90. The molecule has 0 unspecified atom stereocenters. The Hall–Kier alpha value is -3.68. The van der Waals surface area contributed by atoms with E-state index in [9.17, 15) is 9.59 Å². The van der Waals surface area contributed by atoms with Crippen LogP contribution in [0.1, 0.15) is 10.4 Å². The molecule has 2 aromatic rings. The van der Waals surface area contributed by atoms with Gasteiger partial charge in [-0.15, -0.1) is 0 Å². The minimum absolute atomic E-state index is 0.226. The maximum absolute atomic E-state index is 12.2. The first-order valence-corrected chi connectivity index (χ1v) is 8.62. The second kappa shape index (κ2) is 10.6. The van der Waals surface area contributed by atoms with Crippen molar-refractivity contribution in [1.82, 2.24) is 0 Å². The molecular weight excluding hydrogens is 378 g/mol. The van der Waals surface area contributed by atoms with E-state index in [1.807, 2.05) is 0 Å². The molecular formula is C21H23NO7. The van der Waals surface area contributed by atoms with Crippen LogP contribution in [0, 0.1) is 0 Å². The summed E-state index contributed by atoms with van der Waals surface area (Å²) in [6.45, 7) is 3.41. The number of amides is 1. The van der Waals surface area contributed by atoms with E-state index in [-0.39, 0.29) is 5.56 Å². The van der Waals surface area contributed by atoms with Gasteiger partial charge < -0.3 is 29.0 Å². The SMILES string of the molecule is C=CCOc1ccc(C(=O)OCC(=O)Nc2cc(OC)cc(OC)c2)cc1OC. The lowest BCUT2D eigenvalue weighted by Crippen LogP contribution is -2.21. The molecule has 0 saturated heterocycles. The summed E-state index contributed by atoms with van der Waals surface area (Å²) in [5, 5.41) is 2.62. The van der Waals surface area contributed by atoms with Gasteiger partial charge in [0.05, 0.1) is 26.9 Å². The first-order chi connectivity index (χ1) is 14.0. The predicted octanol–water partition coefficient (Wildman–Crippen LogP) is 3.07. The van der Waals surface area contributed by atoms with Crippen LogP contribution in [0.5, 0.6) is 23.0 Å². The van der Waals surface area contributed by atoms with E-state index in [1.54, 1.807) is 30.3 Å². The van der Waals surface area contributed by atoms with Crippen molar-refractivity contribution in [1.29, 1.82) is 0 Å². The summed E-state index contributed by atoms with van der Waals surface area (Å²) in [6.07, 6.45) is 1.60. The van der Waals surface area contributed by atoms with E-state index < -0.39 is 18.5 Å². The highest BCUT2D eigenvalue weighted by Gasteiger charge is 2.14. The average molecular weight is 401 g/mol. The smallest absolute Gasteiger partial charge is 0.338 e. The molecule has 0 aliphatic rings. The number of rotatable bonds is 10. The van der Waals surface area contributed by atoms with Gasteiger partial charge in [0.25, 0.3) is 5.91 Å². The molecule has 0 radical (unpaired) electrons. The molecule has 0 fully saturated rings. The fourth-order valence-electron chi connectivity index (χ4n) is 2.35. The molecule has 1 N–H and O–H groups in total. The van der Waals surface area contributed by atoms with Gasteiger partial charge in [0.1, 0.15) is 18.1 Å². The molecule has 0 bridgehead atoms. The lowest BCUT2D eigenvalue weighted by molar-refractivity contribution is -0.119. The highest BCUT2D eigenvalue weighted by atomic mass is 16.5. The van der Waals surface area contributed by atoms with Crippen molar-refractivity contribution in [2.45, 2.75) is 0 Å². The van der Waals surface area contributed by atoms with Gasteiger partial charge in [-0.25, -0.2) is 4.79 Å². The molecule has 0 aliphatic heterocycles. The van der Waals surface area contributed by atoms with Crippen molar-refractivity contribution in [3.8, 4) is 23.0 Å². The Morgan fingerprint density at radius 2 is 1.66 bits per heavy atom. The Labute approximate surface area is 169 Å². The van der Waals surface area contributed by atoms with Crippen molar-refractivity contribution in [2.24, 2.45) is 0 Å². The lowest BCUT2D eigenvalue weighted by Gasteiger charge is -2.12. The summed E-state index contributed by atoms with van der Waals surface area (Å²) in [5.74, 6) is 0.691. The third kappa shape index (κ3) is 6.17. The minimum Gasteiger partial charge on any atom is -0.497 e. The van der Waals surface area contributed by atoms with Crippen LogP contribution in [0.15, 0.2) is 49.1 Å². The highest BCUT2D eigenvalue weighted by molar-refractivity contribution is 5.96. The van der Waals surface area contributed by atoms with Gasteiger partial charge in [-0.3, -0.25) is 4.79 Å². The Balaban J connectivity index is 1.98. The Bertz CT molecular complexity index is 857. The van der Waals surface area contributed by atoms with E-state index in [0.29, 0.717) is 35.3 Å². The Morgan fingerprint density at radius 3 is 2.24 bits per heavy atom. The molecule has 0 heterocycles. The van der Waals surface area contributed by atoms with Crippen LogP contribution in [0.2, 0.25) is 0 Å². The van der Waals surface area contributed by atoms with Crippen molar-refractivity contribution in [3.63, 3.8) is 0 Å².